The molecule has 5 N–H and O–H groups in total. The van der Waals surface area contributed by atoms with Crippen molar-refractivity contribution in [3.05, 3.63) is 0 Å². The van der Waals surface area contributed by atoms with E-state index in [-0.39, 0.29) is 0 Å². The minimum Gasteiger partial charge on any atom is -0.330 e. The van der Waals surface area contributed by atoms with Gasteiger partial charge in [0.1, 0.15) is 0 Å². The summed E-state index contributed by atoms with van der Waals surface area (Å²) in [5.74, 6) is 0. The van der Waals surface area contributed by atoms with E-state index < -0.39 is 0 Å². The van der Waals surface area contributed by atoms with Gasteiger partial charge in [0.05, 0.1) is 0 Å². The van der Waals surface area contributed by atoms with E-state index in [1.54, 1.807) is 0 Å². The molecule has 16 heavy (non-hydrogen) atoms. The molecule has 0 aliphatic carbocycles. The Hall–Kier alpha value is -0.120. The van der Waals surface area contributed by atoms with Crippen molar-refractivity contribution in [3.8, 4) is 0 Å². The molecular weight excluding hydrogens is 198 g/mol. The van der Waals surface area contributed by atoms with E-state index in [2.05, 4.69) is 12.2 Å². The van der Waals surface area contributed by atoms with E-state index in [0.717, 1.165) is 26.1 Å². The van der Waals surface area contributed by atoms with Crippen LogP contribution in [0.1, 0.15) is 58.3 Å². The third-order valence-corrected chi connectivity index (χ3v) is 2.96. The maximum atomic E-state index is 6.05. The van der Waals surface area contributed by atoms with Gasteiger partial charge in [-0.2, -0.15) is 0 Å². The molecule has 3 nitrogen and oxygen atoms in total. The van der Waals surface area contributed by atoms with E-state index in [0.29, 0.717) is 6.04 Å². The van der Waals surface area contributed by atoms with Gasteiger partial charge in [-0.05, 0) is 45.3 Å². The molecule has 0 aliphatic heterocycles. The summed E-state index contributed by atoms with van der Waals surface area (Å²) in [5.41, 5.74) is 11.5. The molecule has 0 aliphatic rings. The number of rotatable bonds is 12. The lowest BCUT2D eigenvalue weighted by atomic mass is 10.0. The lowest BCUT2D eigenvalue weighted by molar-refractivity contribution is 0.494. The van der Waals surface area contributed by atoms with Gasteiger partial charge in [-0.1, -0.05) is 32.6 Å². The molecule has 0 aromatic carbocycles. The smallest absolute Gasteiger partial charge is 0.00393 e. The maximum Gasteiger partial charge on any atom is 0.00393 e. The quantitative estimate of drug-likeness (QED) is 0.449. The highest BCUT2D eigenvalue weighted by Crippen LogP contribution is 2.08. The molecule has 0 amide bonds. The molecule has 1 unspecified atom stereocenters. The van der Waals surface area contributed by atoms with Crippen molar-refractivity contribution < 1.29 is 0 Å². The van der Waals surface area contributed by atoms with Crippen LogP contribution in [0.5, 0.6) is 0 Å². The first kappa shape index (κ1) is 15.9. The predicted octanol–water partition coefficient (Wildman–Crippen LogP) is 2.00. The Kier molecular flexibility index (Phi) is 12.9. The Bertz CT molecular complexity index is 128. The third-order valence-electron chi connectivity index (χ3n) is 2.96. The Balaban J connectivity index is 3.08. The van der Waals surface area contributed by atoms with Crippen LogP contribution >= 0.6 is 0 Å². The van der Waals surface area contributed by atoms with Crippen LogP contribution in [-0.4, -0.2) is 25.7 Å². The van der Waals surface area contributed by atoms with Crippen LogP contribution in [0.15, 0.2) is 0 Å². The standard InChI is InChI=1S/C13H31N3/c1-2-16-12-8-10-13(15)9-6-4-3-5-7-11-14/h13,16H,2-12,14-15H2,1H3. The van der Waals surface area contributed by atoms with E-state index in [4.69, 9.17) is 11.5 Å². The normalized spacial score (nSPS) is 12.9. The van der Waals surface area contributed by atoms with Crippen LogP contribution in [0.2, 0.25) is 0 Å². The van der Waals surface area contributed by atoms with Gasteiger partial charge in [0.15, 0.2) is 0 Å². The first-order valence-electron chi connectivity index (χ1n) is 6.97. The van der Waals surface area contributed by atoms with Gasteiger partial charge in [-0.15, -0.1) is 0 Å². The summed E-state index contributed by atoms with van der Waals surface area (Å²) in [4.78, 5) is 0. The monoisotopic (exact) mass is 229 g/mol. The first-order chi connectivity index (χ1) is 7.81. The summed E-state index contributed by atoms with van der Waals surface area (Å²) in [5, 5.41) is 3.33. The molecule has 0 aromatic heterocycles. The zero-order valence-electron chi connectivity index (χ0n) is 11.0. The average Bonchev–Trinajstić information content (AvgIpc) is 2.29. The van der Waals surface area contributed by atoms with Crippen molar-refractivity contribution in [1.82, 2.24) is 5.32 Å². The fraction of sp³-hybridized carbons (Fsp3) is 1.00. The maximum absolute atomic E-state index is 6.05. The van der Waals surface area contributed by atoms with E-state index in [1.807, 2.05) is 0 Å². The number of hydrogen-bond donors (Lipinski definition) is 3. The summed E-state index contributed by atoms with van der Waals surface area (Å²) >= 11 is 0. The number of unbranched alkanes of at least 4 members (excludes halogenated alkanes) is 4. The third kappa shape index (κ3) is 12.0. The Labute approximate surface area is 101 Å². The van der Waals surface area contributed by atoms with Crippen LogP contribution < -0.4 is 16.8 Å². The van der Waals surface area contributed by atoms with E-state index in [1.165, 1.54) is 44.9 Å². The highest BCUT2D eigenvalue weighted by atomic mass is 14.8. The van der Waals surface area contributed by atoms with Crippen molar-refractivity contribution >= 4 is 0 Å². The second-order valence-corrected chi connectivity index (χ2v) is 4.60. The predicted molar refractivity (Wildman–Crippen MR) is 72.5 cm³/mol. The second kappa shape index (κ2) is 12.9. The van der Waals surface area contributed by atoms with E-state index >= 15 is 0 Å². The minimum absolute atomic E-state index is 0.410. The molecule has 0 bridgehead atoms. The summed E-state index contributed by atoms with van der Waals surface area (Å²) in [7, 11) is 0. The number of hydrogen-bond acceptors (Lipinski definition) is 3. The van der Waals surface area contributed by atoms with Gasteiger partial charge in [-0.3, -0.25) is 0 Å². The molecule has 0 heterocycles. The fourth-order valence-corrected chi connectivity index (χ4v) is 1.89. The number of nitrogens with one attached hydrogen (secondary N) is 1. The van der Waals surface area contributed by atoms with Crippen LogP contribution in [0.25, 0.3) is 0 Å². The molecule has 0 fully saturated rings. The average molecular weight is 229 g/mol. The van der Waals surface area contributed by atoms with Crippen molar-refractivity contribution in [3.63, 3.8) is 0 Å². The van der Waals surface area contributed by atoms with Crippen molar-refractivity contribution in [2.45, 2.75) is 64.3 Å². The largest absolute Gasteiger partial charge is 0.330 e. The molecule has 0 saturated heterocycles. The molecule has 98 valence electrons. The zero-order chi connectivity index (χ0) is 12.1. The lowest BCUT2D eigenvalue weighted by Gasteiger charge is -2.11. The summed E-state index contributed by atoms with van der Waals surface area (Å²) < 4.78 is 0. The van der Waals surface area contributed by atoms with Crippen LogP contribution in [0.3, 0.4) is 0 Å². The zero-order valence-corrected chi connectivity index (χ0v) is 11.0. The van der Waals surface area contributed by atoms with Crippen LogP contribution in [-0.2, 0) is 0 Å². The highest BCUT2D eigenvalue weighted by Gasteiger charge is 2.01. The first-order valence-corrected chi connectivity index (χ1v) is 6.97. The Morgan fingerprint density at radius 2 is 1.56 bits per heavy atom. The van der Waals surface area contributed by atoms with Gasteiger partial charge >= 0.3 is 0 Å². The molecule has 0 aromatic rings. The van der Waals surface area contributed by atoms with Crippen molar-refractivity contribution in [1.29, 1.82) is 0 Å². The molecule has 0 spiro atoms. The molecule has 3 heteroatoms. The topological polar surface area (TPSA) is 64.1 Å². The Morgan fingerprint density at radius 1 is 0.938 bits per heavy atom. The van der Waals surface area contributed by atoms with Crippen LogP contribution in [0, 0.1) is 0 Å². The summed E-state index contributed by atoms with van der Waals surface area (Å²) in [6.07, 6.45) is 9.95. The molecule has 0 rings (SSSR count). The summed E-state index contributed by atoms with van der Waals surface area (Å²) in [6.45, 7) is 5.16. The molecular formula is C13H31N3. The second-order valence-electron chi connectivity index (χ2n) is 4.60. The van der Waals surface area contributed by atoms with E-state index in [9.17, 15) is 0 Å². The van der Waals surface area contributed by atoms with Crippen molar-refractivity contribution in [2.24, 2.45) is 11.5 Å². The SMILES string of the molecule is CCNCCCC(N)CCCCCCCN. The molecule has 0 radical (unpaired) electrons. The van der Waals surface area contributed by atoms with Gasteiger partial charge in [0.2, 0.25) is 0 Å². The van der Waals surface area contributed by atoms with Gasteiger partial charge in [0.25, 0.3) is 0 Å². The van der Waals surface area contributed by atoms with Gasteiger partial charge in [-0.25, -0.2) is 0 Å². The summed E-state index contributed by atoms with van der Waals surface area (Å²) in [6, 6.07) is 0.410. The number of nitrogens with two attached hydrogens (primary N) is 2. The van der Waals surface area contributed by atoms with Gasteiger partial charge < -0.3 is 16.8 Å². The highest BCUT2D eigenvalue weighted by molar-refractivity contribution is 4.62. The lowest BCUT2D eigenvalue weighted by Crippen LogP contribution is -2.22. The molecule has 1 atom stereocenters. The Morgan fingerprint density at radius 3 is 2.25 bits per heavy atom. The van der Waals surface area contributed by atoms with Gasteiger partial charge in [0, 0.05) is 6.04 Å². The van der Waals surface area contributed by atoms with Crippen LogP contribution in [0.4, 0.5) is 0 Å². The fourth-order valence-electron chi connectivity index (χ4n) is 1.89. The minimum atomic E-state index is 0.410. The molecule has 0 saturated carbocycles. The van der Waals surface area contributed by atoms with Crippen molar-refractivity contribution in [2.75, 3.05) is 19.6 Å².